The molecule has 1 saturated heterocycles. The third-order valence-corrected chi connectivity index (χ3v) is 7.14. The van der Waals surface area contributed by atoms with Crippen LogP contribution in [-0.2, 0) is 22.7 Å². The second-order valence-corrected chi connectivity index (χ2v) is 9.60. The Kier molecular flexibility index (Phi) is 6.11. The molecule has 0 spiro atoms. The Morgan fingerprint density at radius 3 is 2.43 bits per heavy atom. The number of aromatic nitrogens is 4. The SMILES string of the molecule is CC(C)S(=O)(=O)N1CCN(Cc2nnnn2-c2ccc(C#N)c(C(F)(F)F)c2)CC1. The van der Waals surface area contributed by atoms with Gasteiger partial charge < -0.3 is 0 Å². The van der Waals surface area contributed by atoms with E-state index in [4.69, 9.17) is 5.26 Å². The highest BCUT2D eigenvalue weighted by atomic mass is 32.2. The molecule has 1 aliphatic rings. The standard InChI is InChI=1S/C17H20F3N7O2S/c1-12(2)30(28,29)26-7-5-25(6-8-26)11-16-22-23-24-27(16)14-4-3-13(10-21)15(9-14)17(18,19)20/h3-4,9,12H,5-8,11H2,1-2H3. The maximum atomic E-state index is 13.2. The van der Waals surface area contributed by atoms with Gasteiger partial charge in [-0.25, -0.2) is 8.42 Å². The van der Waals surface area contributed by atoms with E-state index >= 15 is 0 Å². The van der Waals surface area contributed by atoms with E-state index in [1.165, 1.54) is 21.1 Å². The highest BCUT2D eigenvalue weighted by Crippen LogP contribution is 2.33. The van der Waals surface area contributed by atoms with Gasteiger partial charge in [-0.15, -0.1) is 5.10 Å². The summed E-state index contributed by atoms with van der Waals surface area (Å²) in [6.45, 7) is 5.02. The van der Waals surface area contributed by atoms with Crippen LogP contribution in [0.2, 0.25) is 0 Å². The quantitative estimate of drug-likeness (QED) is 0.687. The van der Waals surface area contributed by atoms with Gasteiger partial charge in [0.2, 0.25) is 10.0 Å². The predicted octanol–water partition coefficient (Wildman–Crippen LogP) is 1.41. The molecule has 2 heterocycles. The molecule has 2 aromatic rings. The normalized spacial score (nSPS) is 16.7. The monoisotopic (exact) mass is 443 g/mol. The van der Waals surface area contributed by atoms with Crippen molar-refractivity contribution in [2.24, 2.45) is 0 Å². The summed E-state index contributed by atoms with van der Waals surface area (Å²) in [5, 5.41) is 19.7. The molecule has 9 nitrogen and oxygen atoms in total. The average Bonchev–Trinajstić information content (AvgIpc) is 3.15. The minimum absolute atomic E-state index is 0.0855. The second kappa shape index (κ2) is 8.29. The molecule has 0 atom stereocenters. The first kappa shape index (κ1) is 22.1. The number of benzene rings is 1. The Morgan fingerprint density at radius 2 is 1.87 bits per heavy atom. The lowest BCUT2D eigenvalue weighted by atomic mass is 10.1. The zero-order valence-electron chi connectivity index (χ0n) is 16.3. The predicted molar refractivity (Wildman–Crippen MR) is 99.8 cm³/mol. The van der Waals surface area contributed by atoms with Gasteiger partial charge in [0.15, 0.2) is 5.82 Å². The molecule has 0 unspecified atom stereocenters. The molecule has 0 N–H and O–H groups in total. The topological polar surface area (TPSA) is 108 Å². The van der Waals surface area contributed by atoms with E-state index in [2.05, 4.69) is 15.5 Å². The molecule has 0 aliphatic carbocycles. The van der Waals surface area contributed by atoms with Gasteiger partial charge in [0.25, 0.3) is 0 Å². The summed E-state index contributed by atoms with van der Waals surface area (Å²) >= 11 is 0. The van der Waals surface area contributed by atoms with Gasteiger partial charge in [0.1, 0.15) is 0 Å². The van der Waals surface area contributed by atoms with Crippen molar-refractivity contribution >= 4 is 10.0 Å². The van der Waals surface area contributed by atoms with Gasteiger partial charge in [0.05, 0.1) is 34.7 Å². The van der Waals surface area contributed by atoms with Crippen LogP contribution in [0.4, 0.5) is 13.2 Å². The Morgan fingerprint density at radius 1 is 1.20 bits per heavy atom. The van der Waals surface area contributed by atoms with Crippen LogP contribution in [0.15, 0.2) is 18.2 Å². The molecule has 13 heteroatoms. The fraction of sp³-hybridized carbons (Fsp3) is 0.529. The summed E-state index contributed by atoms with van der Waals surface area (Å²) in [5.41, 5.74) is -1.46. The van der Waals surface area contributed by atoms with E-state index in [0.717, 1.165) is 12.1 Å². The number of nitriles is 1. The maximum absolute atomic E-state index is 13.2. The molecular formula is C17H20F3N7O2S. The van der Waals surface area contributed by atoms with Crippen LogP contribution < -0.4 is 0 Å². The van der Waals surface area contributed by atoms with E-state index in [1.54, 1.807) is 13.8 Å². The molecule has 0 bridgehead atoms. The number of alkyl halides is 3. The van der Waals surface area contributed by atoms with Crippen LogP contribution in [0.25, 0.3) is 5.69 Å². The highest BCUT2D eigenvalue weighted by Gasteiger charge is 2.34. The largest absolute Gasteiger partial charge is 0.417 e. The number of tetrazole rings is 1. The third-order valence-electron chi connectivity index (χ3n) is 4.86. The number of hydrogen-bond acceptors (Lipinski definition) is 7. The molecular weight excluding hydrogens is 423 g/mol. The first-order valence-electron chi connectivity index (χ1n) is 9.14. The van der Waals surface area contributed by atoms with Crippen LogP contribution in [0, 0.1) is 11.3 Å². The van der Waals surface area contributed by atoms with Crippen molar-refractivity contribution in [3.8, 4) is 11.8 Å². The summed E-state index contributed by atoms with van der Waals surface area (Å²) in [6, 6.07) is 4.81. The Labute approximate surface area is 171 Å². The van der Waals surface area contributed by atoms with Gasteiger partial charge in [-0.1, -0.05) is 0 Å². The molecule has 1 aliphatic heterocycles. The Bertz CT molecular complexity index is 1050. The van der Waals surface area contributed by atoms with Crippen LogP contribution in [-0.4, -0.2) is 69.3 Å². The lowest BCUT2D eigenvalue weighted by Crippen LogP contribution is -2.50. The van der Waals surface area contributed by atoms with Crippen molar-refractivity contribution in [3.05, 3.63) is 35.2 Å². The summed E-state index contributed by atoms with van der Waals surface area (Å²) in [6.07, 6.45) is -4.69. The Hall–Kier alpha value is -2.56. The van der Waals surface area contributed by atoms with Crippen LogP contribution in [0.5, 0.6) is 0 Å². The van der Waals surface area contributed by atoms with E-state index in [0.29, 0.717) is 32.0 Å². The lowest BCUT2D eigenvalue weighted by molar-refractivity contribution is -0.137. The summed E-state index contributed by atoms with van der Waals surface area (Å²) in [7, 11) is -3.33. The smallest absolute Gasteiger partial charge is 0.293 e. The van der Waals surface area contributed by atoms with Crippen molar-refractivity contribution in [1.29, 1.82) is 5.26 Å². The van der Waals surface area contributed by atoms with Crippen molar-refractivity contribution in [3.63, 3.8) is 0 Å². The minimum atomic E-state index is -4.69. The molecule has 1 aromatic heterocycles. The van der Waals surface area contributed by atoms with Crippen molar-refractivity contribution in [2.75, 3.05) is 26.2 Å². The van der Waals surface area contributed by atoms with Crippen LogP contribution >= 0.6 is 0 Å². The fourth-order valence-electron chi connectivity index (χ4n) is 3.14. The second-order valence-electron chi connectivity index (χ2n) is 7.12. The number of sulfonamides is 1. The first-order valence-corrected chi connectivity index (χ1v) is 10.6. The van der Waals surface area contributed by atoms with Crippen molar-refractivity contribution in [2.45, 2.75) is 31.8 Å². The summed E-state index contributed by atoms with van der Waals surface area (Å²) in [4.78, 5) is 1.93. The van der Waals surface area contributed by atoms with Crippen LogP contribution in [0.3, 0.4) is 0 Å². The van der Waals surface area contributed by atoms with E-state index in [-0.39, 0.29) is 12.2 Å². The van der Waals surface area contributed by atoms with Gasteiger partial charge in [0, 0.05) is 26.2 Å². The summed E-state index contributed by atoms with van der Waals surface area (Å²) in [5.74, 6) is 0.313. The van der Waals surface area contributed by atoms with Crippen molar-refractivity contribution in [1.82, 2.24) is 29.4 Å². The number of piperazine rings is 1. The zero-order chi connectivity index (χ0) is 22.1. The van der Waals surface area contributed by atoms with Crippen LogP contribution in [0.1, 0.15) is 30.8 Å². The molecule has 30 heavy (non-hydrogen) atoms. The molecule has 1 fully saturated rings. The minimum Gasteiger partial charge on any atom is -0.293 e. The molecule has 3 rings (SSSR count). The van der Waals surface area contributed by atoms with E-state index in [9.17, 15) is 21.6 Å². The zero-order valence-corrected chi connectivity index (χ0v) is 17.2. The van der Waals surface area contributed by atoms with Gasteiger partial charge >= 0.3 is 6.18 Å². The first-order chi connectivity index (χ1) is 14.0. The van der Waals surface area contributed by atoms with Gasteiger partial charge in [-0.2, -0.15) is 27.4 Å². The van der Waals surface area contributed by atoms with E-state index < -0.39 is 32.6 Å². The highest BCUT2D eigenvalue weighted by molar-refractivity contribution is 7.89. The lowest BCUT2D eigenvalue weighted by Gasteiger charge is -2.34. The third kappa shape index (κ3) is 4.45. The molecule has 0 saturated carbocycles. The molecule has 162 valence electrons. The fourth-order valence-corrected chi connectivity index (χ4v) is 4.41. The van der Waals surface area contributed by atoms with Crippen molar-refractivity contribution < 1.29 is 21.6 Å². The number of halogens is 3. The Balaban J connectivity index is 1.77. The molecule has 0 amide bonds. The van der Waals surface area contributed by atoms with Gasteiger partial charge in [-0.3, -0.25) is 4.90 Å². The maximum Gasteiger partial charge on any atom is 0.417 e. The molecule has 0 radical (unpaired) electrons. The molecule has 1 aromatic carbocycles. The van der Waals surface area contributed by atoms with Gasteiger partial charge in [-0.05, 0) is 42.5 Å². The number of hydrogen-bond donors (Lipinski definition) is 0. The summed E-state index contributed by atoms with van der Waals surface area (Å²) < 4.78 is 66.9. The number of nitrogens with zero attached hydrogens (tertiary/aromatic N) is 7. The number of rotatable bonds is 5. The average molecular weight is 443 g/mol. The van der Waals surface area contributed by atoms with E-state index in [1.807, 2.05) is 4.90 Å².